The molecule has 5 N–H and O–H groups in total. The number of hydrogen-bond donors (Lipinski definition) is 3. The van der Waals surface area contributed by atoms with Crippen LogP contribution in [0.1, 0.15) is 20.3 Å². The van der Waals surface area contributed by atoms with E-state index in [-0.39, 0.29) is 0 Å². The fourth-order valence-electron chi connectivity index (χ4n) is 2.50. The van der Waals surface area contributed by atoms with Gasteiger partial charge in [-0.15, -0.1) is 0 Å². The second-order valence-electron chi connectivity index (χ2n) is 6.01. The number of likely N-dealkylation sites (N-methyl/N-ethyl adjacent to an activating group) is 1. The van der Waals surface area contributed by atoms with E-state index in [1.807, 2.05) is 26.1 Å². The molecule has 2 fully saturated rings. The Balaban J connectivity index is 1.89. The number of hydrogen-bond acceptors (Lipinski definition) is 4. The molecule has 0 bridgehead atoms. The Labute approximate surface area is 127 Å². The van der Waals surface area contributed by atoms with E-state index >= 15 is 0 Å². The van der Waals surface area contributed by atoms with E-state index in [1.54, 1.807) is 12.3 Å². The number of piperidine rings is 1. The first kappa shape index (κ1) is 15.6. The van der Waals surface area contributed by atoms with Crippen molar-refractivity contribution in [3.8, 4) is 0 Å². The van der Waals surface area contributed by atoms with Crippen LogP contribution in [0.4, 0.5) is 0 Å². The maximum Gasteiger partial charge on any atom is 0.101 e. The van der Waals surface area contributed by atoms with Crippen LogP contribution in [0, 0.1) is 11.8 Å². The molecular weight excluding hydrogens is 262 g/mol. The lowest BCUT2D eigenvalue weighted by atomic mass is 10.2. The number of amidine groups is 1. The summed E-state index contributed by atoms with van der Waals surface area (Å²) in [5, 5.41) is 3.12. The van der Waals surface area contributed by atoms with Gasteiger partial charge in [-0.05, 0) is 45.2 Å². The standard InChI is InChI=1S/C16H27N5/c1-11(19-3)5-4-6-15(17)16(18)8-20-12(2)21-9-13-7-14(13)10-21/h4-6,8,11,13-14,19H,7,9-10,17-18H2,1-3H3/b5-4-,15-6-,16-8-,20-12?. The average molecular weight is 289 g/mol. The summed E-state index contributed by atoms with van der Waals surface area (Å²) in [7, 11) is 1.91. The number of aliphatic imine (C=N–C) groups is 1. The van der Waals surface area contributed by atoms with Crippen molar-refractivity contribution in [1.82, 2.24) is 10.2 Å². The van der Waals surface area contributed by atoms with Crippen molar-refractivity contribution in [3.05, 3.63) is 35.8 Å². The first-order valence-electron chi connectivity index (χ1n) is 7.57. The van der Waals surface area contributed by atoms with Gasteiger partial charge in [0.2, 0.25) is 0 Å². The van der Waals surface area contributed by atoms with E-state index in [9.17, 15) is 0 Å². The van der Waals surface area contributed by atoms with Crippen molar-refractivity contribution < 1.29 is 0 Å². The van der Waals surface area contributed by atoms with Gasteiger partial charge in [0.25, 0.3) is 0 Å². The quantitative estimate of drug-likeness (QED) is 0.403. The first-order valence-corrected chi connectivity index (χ1v) is 7.57. The maximum atomic E-state index is 5.94. The van der Waals surface area contributed by atoms with Gasteiger partial charge in [0.05, 0.1) is 17.6 Å². The van der Waals surface area contributed by atoms with E-state index in [2.05, 4.69) is 22.1 Å². The minimum Gasteiger partial charge on any atom is -0.397 e. The number of allylic oxidation sites excluding steroid dienone is 2. The zero-order valence-electron chi connectivity index (χ0n) is 13.2. The number of fused-ring (bicyclic) bond motifs is 1. The van der Waals surface area contributed by atoms with Gasteiger partial charge in [0.1, 0.15) is 5.84 Å². The number of nitrogens with one attached hydrogen (secondary N) is 1. The lowest BCUT2D eigenvalue weighted by molar-refractivity contribution is 0.459. The van der Waals surface area contributed by atoms with Crippen molar-refractivity contribution >= 4 is 5.84 Å². The van der Waals surface area contributed by atoms with Crippen LogP contribution in [0.5, 0.6) is 0 Å². The van der Waals surface area contributed by atoms with Crippen LogP contribution in [0.2, 0.25) is 0 Å². The molecule has 1 aliphatic heterocycles. The Morgan fingerprint density at radius 1 is 1.29 bits per heavy atom. The highest BCUT2D eigenvalue weighted by molar-refractivity contribution is 5.80. The second-order valence-corrected chi connectivity index (χ2v) is 6.01. The number of nitrogens with two attached hydrogens (primary N) is 2. The summed E-state index contributed by atoms with van der Waals surface area (Å²) in [6.07, 6.45) is 8.78. The van der Waals surface area contributed by atoms with E-state index in [0.717, 1.165) is 30.8 Å². The van der Waals surface area contributed by atoms with Crippen LogP contribution in [-0.2, 0) is 0 Å². The molecular formula is C16H27N5. The molecule has 0 aromatic carbocycles. The molecule has 2 aliphatic rings. The van der Waals surface area contributed by atoms with Gasteiger partial charge in [0.15, 0.2) is 0 Å². The molecule has 5 heteroatoms. The molecule has 21 heavy (non-hydrogen) atoms. The largest absolute Gasteiger partial charge is 0.397 e. The zero-order valence-corrected chi connectivity index (χ0v) is 13.2. The van der Waals surface area contributed by atoms with Crippen LogP contribution in [0.15, 0.2) is 40.8 Å². The highest BCUT2D eigenvalue weighted by Crippen LogP contribution is 2.44. The van der Waals surface area contributed by atoms with Crippen molar-refractivity contribution in [2.75, 3.05) is 20.1 Å². The summed E-state index contributed by atoms with van der Waals surface area (Å²) < 4.78 is 0. The number of likely N-dealkylation sites (tertiary alicyclic amines) is 1. The highest BCUT2D eigenvalue weighted by Gasteiger charge is 2.45. The minimum absolute atomic E-state index is 0.307. The minimum atomic E-state index is 0.307. The molecule has 0 amide bonds. The molecule has 5 nitrogen and oxygen atoms in total. The van der Waals surface area contributed by atoms with E-state index < -0.39 is 0 Å². The van der Waals surface area contributed by atoms with Crippen LogP contribution < -0.4 is 16.8 Å². The molecule has 116 valence electrons. The van der Waals surface area contributed by atoms with Gasteiger partial charge in [-0.2, -0.15) is 0 Å². The smallest absolute Gasteiger partial charge is 0.101 e. The molecule has 3 atom stereocenters. The van der Waals surface area contributed by atoms with E-state index in [4.69, 9.17) is 11.5 Å². The molecule has 1 saturated heterocycles. The Morgan fingerprint density at radius 2 is 1.95 bits per heavy atom. The summed E-state index contributed by atoms with van der Waals surface area (Å²) in [5.41, 5.74) is 12.9. The summed E-state index contributed by atoms with van der Waals surface area (Å²) in [6.45, 7) is 6.38. The van der Waals surface area contributed by atoms with Crippen LogP contribution in [-0.4, -0.2) is 36.9 Å². The summed E-state index contributed by atoms with van der Waals surface area (Å²) in [6, 6.07) is 0.307. The predicted octanol–water partition coefficient (Wildman–Crippen LogP) is 1.16. The van der Waals surface area contributed by atoms with Crippen molar-refractivity contribution in [2.45, 2.75) is 26.3 Å². The molecule has 0 aromatic heterocycles. The Hall–Kier alpha value is -1.75. The Kier molecular flexibility index (Phi) is 5.07. The van der Waals surface area contributed by atoms with Gasteiger partial charge in [-0.25, -0.2) is 4.99 Å². The molecule has 0 spiro atoms. The lowest BCUT2D eigenvalue weighted by Gasteiger charge is -2.18. The second kappa shape index (κ2) is 6.80. The number of rotatable bonds is 5. The third-order valence-corrected chi connectivity index (χ3v) is 4.29. The van der Waals surface area contributed by atoms with E-state index in [0.29, 0.717) is 17.4 Å². The Morgan fingerprint density at radius 3 is 2.57 bits per heavy atom. The SMILES string of the molecule is CNC(C)\C=C/C=C(N)/C(N)=C/N=C(C)N1CC2CC2C1. The molecule has 1 heterocycles. The van der Waals surface area contributed by atoms with Crippen molar-refractivity contribution in [2.24, 2.45) is 28.3 Å². The van der Waals surface area contributed by atoms with E-state index in [1.165, 1.54) is 6.42 Å². The lowest BCUT2D eigenvalue weighted by Crippen LogP contribution is -2.27. The maximum absolute atomic E-state index is 5.94. The van der Waals surface area contributed by atoms with Gasteiger partial charge < -0.3 is 21.7 Å². The fourth-order valence-corrected chi connectivity index (χ4v) is 2.50. The third kappa shape index (κ3) is 4.36. The summed E-state index contributed by atoms with van der Waals surface area (Å²) in [5.74, 6) is 2.83. The predicted molar refractivity (Wildman–Crippen MR) is 88.5 cm³/mol. The van der Waals surface area contributed by atoms with Crippen LogP contribution >= 0.6 is 0 Å². The third-order valence-electron chi connectivity index (χ3n) is 4.29. The average Bonchev–Trinajstić information content (AvgIpc) is 3.09. The molecule has 1 aliphatic carbocycles. The van der Waals surface area contributed by atoms with Gasteiger partial charge in [-0.1, -0.05) is 12.2 Å². The summed E-state index contributed by atoms with van der Waals surface area (Å²) >= 11 is 0. The zero-order chi connectivity index (χ0) is 15.4. The van der Waals surface area contributed by atoms with Crippen LogP contribution in [0.3, 0.4) is 0 Å². The normalized spacial score (nSPS) is 28.1. The monoisotopic (exact) mass is 289 g/mol. The Bertz CT molecular complexity index is 479. The van der Waals surface area contributed by atoms with Gasteiger partial charge in [0, 0.05) is 19.1 Å². The van der Waals surface area contributed by atoms with Crippen molar-refractivity contribution in [1.29, 1.82) is 0 Å². The topological polar surface area (TPSA) is 79.7 Å². The highest BCUT2D eigenvalue weighted by atomic mass is 15.2. The molecule has 2 rings (SSSR count). The van der Waals surface area contributed by atoms with Gasteiger partial charge >= 0.3 is 0 Å². The molecule has 1 saturated carbocycles. The fraction of sp³-hybridized carbons (Fsp3) is 0.562. The number of nitrogens with zero attached hydrogens (tertiary/aromatic N) is 2. The molecule has 0 radical (unpaired) electrons. The van der Waals surface area contributed by atoms with Crippen LogP contribution in [0.25, 0.3) is 0 Å². The molecule has 0 aromatic rings. The summed E-state index contributed by atoms with van der Waals surface area (Å²) in [4.78, 5) is 6.77. The molecule has 3 unspecified atom stereocenters. The first-order chi connectivity index (χ1) is 10.0. The van der Waals surface area contributed by atoms with Crippen molar-refractivity contribution in [3.63, 3.8) is 0 Å². The van der Waals surface area contributed by atoms with Gasteiger partial charge in [-0.3, -0.25) is 0 Å².